The van der Waals surface area contributed by atoms with Crippen molar-refractivity contribution in [2.24, 2.45) is 5.92 Å². The van der Waals surface area contributed by atoms with Gasteiger partial charge in [0.05, 0.1) is 18.4 Å². The maximum Gasteiger partial charge on any atom is 0.321 e. The number of piperidine rings is 1. The summed E-state index contributed by atoms with van der Waals surface area (Å²) in [7, 11) is 1.54. The van der Waals surface area contributed by atoms with Crippen molar-refractivity contribution in [1.29, 1.82) is 0 Å². The van der Waals surface area contributed by atoms with Gasteiger partial charge in [-0.25, -0.2) is 13.6 Å². The number of amides is 3. The van der Waals surface area contributed by atoms with Gasteiger partial charge in [0.2, 0.25) is 0 Å². The van der Waals surface area contributed by atoms with Crippen LogP contribution < -0.4 is 15.4 Å². The Hall–Kier alpha value is -3.16. The number of para-hydroxylation sites is 2. The molecule has 8 heteroatoms. The second kappa shape index (κ2) is 9.36. The molecular weight excluding hydrogens is 380 g/mol. The summed E-state index contributed by atoms with van der Waals surface area (Å²) < 4.78 is 31.9. The van der Waals surface area contributed by atoms with Crippen LogP contribution in [-0.4, -0.2) is 43.6 Å². The monoisotopic (exact) mass is 403 g/mol. The summed E-state index contributed by atoms with van der Waals surface area (Å²) in [4.78, 5) is 26.3. The minimum absolute atomic E-state index is 0.178. The van der Waals surface area contributed by atoms with Gasteiger partial charge in [0, 0.05) is 25.7 Å². The molecule has 3 amide bonds. The van der Waals surface area contributed by atoms with Gasteiger partial charge in [-0.15, -0.1) is 0 Å². The molecule has 0 radical (unpaired) electrons. The predicted molar refractivity (Wildman–Crippen MR) is 105 cm³/mol. The van der Waals surface area contributed by atoms with Gasteiger partial charge >= 0.3 is 6.03 Å². The zero-order valence-corrected chi connectivity index (χ0v) is 16.1. The number of methoxy groups -OCH3 is 1. The molecule has 1 heterocycles. The lowest BCUT2D eigenvalue weighted by atomic mass is 9.97. The molecule has 0 aliphatic carbocycles. The quantitative estimate of drug-likeness (QED) is 0.801. The minimum Gasteiger partial charge on any atom is -0.495 e. The zero-order valence-electron chi connectivity index (χ0n) is 16.1. The van der Waals surface area contributed by atoms with E-state index in [1.807, 2.05) is 12.1 Å². The second-order valence-corrected chi connectivity index (χ2v) is 6.90. The Bertz CT molecular complexity index is 883. The summed E-state index contributed by atoms with van der Waals surface area (Å²) in [5, 5.41) is 5.54. The first-order chi connectivity index (χ1) is 14.0. The van der Waals surface area contributed by atoms with Crippen LogP contribution in [0.3, 0.4) is 0 Å². The van der Waals surface area contributed by atoms with E-state index < -0.39 is 17.5 Å². The van der Waals surface area contributed by atoms with Gasteiger partial charge < -0.3 is 20.3 Å². The number of carbonyl (C=O) groups is 2. The van der Waals surface area contributed by atoms with Crippen LogP contribution in [0, 0.1) is 17.6 Å². The van der Waals surface area contributed by atoms with Crippen molar-refractivity contribution in [3.8, 4) is 5.75 Å². The van der Waals surface area contributed by atoms with Crippen LogP contribution in [0.1, 0.15) is 23.2 Å². The molecule has 0 unspecified atom stereocenters. The molecule has 0 aromatic heterocycles. The average Bonchev–Trinajstić information content (AvgIpc) is 2.72. The molecule has 3 rings (SSSR count). The highest BCUT2D eigenvalue weighted by Gasteiger charge is 2.24. The molecule has 1 fully saturated rings. The van der Waals surface area contributed by atoms with Crippen LogP contribution in [0.5, 0.6) is 5.75 Å². The Morgan fingerprint density at radius 3 is 2.55 bits per heavy atom. The zero-order chi connectivity index (χ0) is 20.8. The Kier molecular flexibility index (Phi) is 6.64. The smallest absolute Gasteiger partial charge is 0.321 e. The number of anilines is 1. The maximum atomic E-state index is 13.7. The molecule has 0 saturated carbocycles. The van der Waals surface area contributed by atoms with Gasteiger partial charge in [-0.05, 0) is 43.0 Å². The number of hydrogen-bond acceptors (Lipinski definition) is 3. The van der Waals surface area contributed by atoms with E-state index in [0.717, 1.165) is 12.1 Å². The summed E-state index contributed by atoms with van der Waals surface area (Å²) in [6.45, 7) is 1.47. The molecule has 6 nitrogen and oxygen atoms in total. The largest absolute Gasteiger partial charge is 0.495 e. The van der Waals surface area contributed by atoms with Crippen molar-refractivity contribution >= 4 is 17.6 Å². The van der Waals surface area contributed by atoms with Crippen LogP contribution >= 0.6 is 0 Å². The Morgan fingerprint density at radius 2 is 1.86 bits per heavy atom. The summed E-state index contributed by atoms with van der Waals surface area (Å²) >= 11 is 0. The van der Waals surface area contributed by atoms with Crippen LogP contribution in [0.4, 0.5) is 19.3 Å². The molecule has 0 bridgehead atoms. The summed E-state index contributed by atoms with van der Waals surface area (Å²) in [5.74, 6) is -1.41. The van der Waals surface area contributed by atoms with Crippen molar-refractivity contribution in [2.75, 3.05) is 32.1 Å². The lowest BCUT2D eigenvalue weighted by molar-refractivity contribution is 0.0934. The van der Waals surface area contributed by atoms with Gasteiger partial charge in [-0.1, -0.05) is 12.1 Å². The van der Waals surface area contributed by atoms with Gasteiger partial charge in [0.25, 0.3) is 5.91 Å². The van der Waals surface area contributed by atoms with Gasteiger partial charge in [0.15, 0.2) is 0 Å². The lowest BCUT2D eigenvalue weighted by Crippen LogP contribution is -2.43. The SMILES string of the molecule is COc1ccccc1NC(=O)N1CCC(CNC(=O)c2ccc(F)cc2F)CC1. The van der Waals surface area contributed by atoms with E-state index in [-0.39, 0.29) is 17.5 Å². The van der Waals surface area contributed by atoms with E-state index in [2.05, 4.69) is 10.6 Å². The lowest BCUT2D eigenvalue weighted by Gasteiger charge is -2.32. The summed E-state index contributed by atoms with van der Waals surface area (Å²) in [5.41, 5.74) is 0.427. The molecule has 2 aromatic carbocycles. The van der Waals surface area contributed by atoms with E-state index in [0.29, 0.717) is 50.0 Å². The van der Waals surface area contributed by atoms with E-state index >= 15 is 0 Å². The topological polar surface area (TPSA) is 70.7 Å². The number of rotatable bonds is 5. The first-order valence-corrected chi connectivity index (χ1v) is 9.40. The Morgan fingerprint density at radius 1 is 1.14 bits per heavy atom. The molecule has 1 aliphatic heterocycles. The number of halogens is 2. The van der Waals surface area contributed by atoms with Crippen molar-refractivity contribution in [2.45, 2.75) is 12.8 Å². The number of nitrogens with one attached hydrogen (secondary N) is 2. The third kappa shape index (κ3) is 5.22. The molecule has 154 valence electrons. The molecule has 0 spiro atoms. The maximum absolute atomic E-state index is 13.7. The average molecular weight is 403 g/mol. The van der Waals surface area contributed by atoms with Gasteiger partial charge in [-0.3, -0.25) is 4.79 Å². The fourth-order valence-electron chi connectivity index (χ4n) is 3.29. The Labute approximate surface area is 167 Å². The number of likely N-dealkylation sites (tertiary alicyclic amines) is 1. The molecular formula is C21H23F2N3O3. The highest BCUT2D eigenvalue weighted by Crippen LogP contribution is 2.24. The molecule has 0 atom stereocenters. The normalized spacial score (nSPS) is 14.4. The standard InChI is InChI=1S/C21H23F2N3O3/c1-29-19-5-3-2-4-18(19)25-21(28)26-10-8-14(9-11-26)13-24-20(27)16-7-6-15(22)12-17(16)23/h2-7,12,14H,8-11,13H2,1H3,(H,24,27)(H,25,28). The van der Waals surface area contributed by atoms with E-state index in [1.165, 1.54) is 0 Å². The van der Waals surface area contributed by atoms with E-state index in [1.54, 1.807) is 24.1 Å². The number of benzene rings is 2. The Balaban J connectivity index is 1.46. The van der Waals surface area contributed by atoms with E-state index in [9.17, 15) is 18.4 Å². The van der Waals surface area contributed by atoms with Crippen molar-refractivity contribution < 1.29 is 23.1 Å². The van der Waals surface area contributed by atoms with Gasteiger partial charge in [-0.2, -0.15) is 0 Å². The number of ether oxygens (including phenoxy) is 1. The number of hydrogen-bond donors (Lipinski definition) is 2. The minimum atomic E-state index is -0.884. The van der Waals surface area contributed by atoms with Crippen LogP contribution in [0.25, 0.3) is 0 Å². The van der Waals surface area contributed by atoms with Crippen LogP contribution in [0.15, 0.2) is 42.5 Å². The molecule has 2 aromatic rings. The van der Waals surface area contributed by atoms with Crippen molar-refractivity contribution in [3.63, 3.8) is 0 Å². The van der Waals surface area contributed by atoms with Crippen LogP contribution in [-0.2, 0) is 0 Å². The fourth-order valence-corrected chi connectivity index (χ4v) is 3.29. The first-order valence-electron chi connectivity index (χ1n) is 9.40. The van der Waals surface area contributed by atoms with Crippen LogP contribution in [0.2, 0.25) is 0 Å². The molecule has 1 aliphatic rings. The van der Waals surface area contributed by atoms with Gasteiger partial charge in [0.1, 0.15) is 17.4 Å². The highest BCUT2D eigenvalue weighted by atomic mass is 19.1. The van der Waals surface area contributed by atoms with Crippen molar-refractivity contribution in [3.05, 3.63) is 59.7 Å². The fraction of sp³-hybridized carbons (Fsp3) is 0.333. The number of carbonyl (C=O) groups excluding carboxylic acids is 2. The predicted octanol–water partition coefficient (Wildman–Crippen LogP) is 3.65. The third-order valence-electron chi connectivity index (χ3n) is 4.98. The summed E-state index contributed by atoms with van der Waals surface area (Å²) in [6, 6.07) is 9.85. The molecule has 29 heavy (non-hydrogen) atoms. The summed E-state index contributed by atoms with van der Waals surface area (Å²) in [6.07, 6.45) is 1.43. The highest BCUT2D eigenvalue weighted by molar-refractivity contribution is 5.94. The number of nitrogens with zero attached hydrogens (tertiary/aromatic N) is 1. The third-order valence-corrected chi connectivity index (χ3v) is 4.98. The second-order valence-electron chi connectivity index (χ2n) is 6.90. The first kappa shape index (κ1) is 20.6. The van der Waals surface area contributed by atoms with Crippen molar-refractivity contribution in [1.82, 2.24) is 10.2 Å². The molecule has 1 saturated heterocycles. The molecule has 2 N–H and O–H groups in total. The number of urea groups is 1. The van der Waals surface area contributed by atoms with E-state index in [4.69, 9.17) is 4.74 Å².